The minimum absolute atomic E-state index is 0.322. The van der Waals surface area contributed by atoms with E-state index < -0.39 is 0 Å². The molecule has 2 unspecified atom stereocenters. The van der Waals surface area contributed by atoms with Gasteiger partial charge in [-0.2, -0.15) is 0 Å². The fourth-order valence-corrected chi connectivity index (χ4v) is 2.65. The van der Waals surface area contributed by atoms with Crippen LogP contribution < -0.4 is 5.32 Å². The Balaban J connectivity index is 1.82. The van der Waals surface area contributed by atoms with Crippen LogP contribution in [0.4, 0.5) is 0 Å². The first kappa shape index (κ1) is 11.9. The highest BCUT2D eigenvalue weighted by Crippen LogP contribution is 2.20. The van der Waals surface area contributed by atoms with E-state index >= 15 is 0 Å². The predicted octanol–water partition coefficient (Wildman–Crippen LogP) is 0.291. The van der Waals surface area contributed by atoms with E-state index in [4.69, 9.17) is 0 Å². The van der Waals surface area contributed by atoms with E-state index in [0.29, 0.717) is 24.4 Å². The second-order valence-electron chi connectivity index (χ2n) is 5.32. The summed E-state index contributed by atoms with van der Waals surface area (Å²) < 4.78 is 0. The summed E-state index contributed by atoms with van der Waals surface area (Å²) >= 11 is 0. The average molecular weight is 225 g/mol. The summed E-state index contributed by atoms with van der Waals surface area (Å²) in [5, 5.41) is 3.60. The highest BCUT2D eigenvalue weighted by molar-refractivity contribution is 5.76. The summed E-state index contributed by atoms with van der Waals surface area (Å²) in [7, 11) is 4.03. The quantitative estimate of drug-likeness (QED) is 0.750. The number of nitrogens with zero attached hydrogens (tertiary/aromatic N) is 2. The Labute approximate surface area is 98.0 Å². The number of likely N-dealkylation sites (tertiary alicyclic amines) is 1. The maximum atomic E-state index is 12.0. The van der Waals surface area contributed by atoms with E-state index in [2.05, 4.69) is 15.1 Å². The first-order valence-corrected chi connectivity index (χ1v) is 6.33. The van der Waals surface area contributed by atoms with Crippen LogP contribution >= 0.6 is 0 Å². The molecule has 0 aromatic carbocycles. The number of fused-ring (bicyclic) bond motifs is 2. The van der Waals surface area contributed by atoms with E-state index in [1.807, 2.05) is 14.1 Å². The molecule has 2 saturated heterocycles. The molecule has 2 rings (SSSR count). The molecule has 0 spiro atoms. The predicted molar refractivity (Wildman–Crippen MR) is 64.3 cm³/mol. The molecule has 0 aromatic rings. The minimum Gasteiger partial charge on any atom is -0.341 e. The van der Waals surface area contributed by atoms with Gasteiger partial charge in [-0.25, -0.2) is 0 Å². The maximum absolute atomic E-state index is 12.0. The number of rotatable bonds is 3. The second-order valence-corrected chi connectivity index (χ2v) is 5.32. The molecule has 0 radical (unpaired) electrons. The number of amides is 1. The third-order valence-electron chi connectivity index (χ3n) is 3.65. The Kier molecular flexibility index (Phi) is 3.82. The highest BCUT2D eigenvalue weighted by atomic mass is 16.2. The van der Waals surface area contributed by atoms with Gasteiger partial charge in [0.05, 0.1) is 0 Å². The highest BCUT2D eigenvalue weighted by Gasteiger charge is 2.30. The number of carbonyl (C=O) groups excluding carboxylic acids is 1. The number of hydrogen-bond acceptors (Lipinski definition) is 3. The lowest BCUT2D eigenvalue weighted by molar-refractivity contribution is -0.131. The molecule has 1 N–H and O–H groups in total. The van der Waals surface area contributed by atoms with Gasteiger partial charge in [0.15, 0.2) is 0 Å². The Bertz CT molecular complexity index is 255. The van der Waals surface area contributed by atoms with Crippen molar-refractivity contribution < 1.29 is 4.79 Å². The molecule has 0 aromatic heterocycles. The Morgan fingerprint density at radius 1 is 1.31 bits per heavy atom. The zero-order chi connectivity index (χ0) is 11.5. The zero-order valence-corrected chi connectivity index (χ0v) is 10.4. The molecule has 2 aliphatic rings. The molecule has 0 aliphatic carbocycles. The van der Waals surface area contributed by atoms with Crippen molar-refractivity contribution in [2.45, 2.75) is 37.8 Å². The van der Waals surface area contributed by atoms with Gasteiger partial charge < -0.3 is 15.1 Å². The molecular formula is C12H23N3O. The Morgan fingerprint density at radius 3 is 2.81 bits per heavy atom. The van der Waals surface area contributed by atoms with Crippen LogP contribution in [0.2, 0.25) is 0 Å². The standard InChI is InChI=1S/C12H23N3O/c1-14(2)7-6-12(16)15-8-5-10-3-4-11(9-15)13-10/h10-11,13H,3-9H2,1-2H3. The lowest BCUT2D eigenvalue weighted by atomic mass is 10.1. The van der Waals surface area contributed by atoms with Crippen LogP contribution in [-0.2, 0) is 4.79 Å². The molecule has 2 bridgehead atoms. The summed E-state index contributed by atoms with van der Waals surface area (Å²) in [5.74, 6) is 0.322. The van der Waals surface area contributed by atoms with Crippen LogP contribution in [0.25, 0.3) is 0 Å². The van der Waals surface area contributed by atoms with Crippen LogP contribution in [0.5, 0.6) is 0 Å². The first-order chi connectivity index (χ1) is 7.65. The lowest BCUT2D eigenvalue weighted by Crippen LogP contribution is -2.39. The SMILES string of the molecule is CN(C)CCC(=O)N1CCC2CCC(C1)N2. The van der Waals surface area contributed by atoms with Crippen LogP contribution in [0.1, 0.15) is 25.7 Å². The molecule has 4 heteroatoms. The first-order valence-electron chi connectivity index (χ1n) is 6.33. The van der Waals surface area contributed by atoms with E-state index in [1.54, 1.807) is 0 Å². The van der Waals surface area contributed by atoms with Crippen molar-refractivity contribution in [2.75, 3.05) is 33.7 Å². The number of hydrogen-bond donors (Lipinski definition) is 1. The van der Waals surface area contributed by atoms with Gasteiger partial charge in [-0.1, -0.05) is 0 Å². The van der Waals surface area contributed by atoms with Crippen molar-refractivity contribution in [1.29, 1.82) is 0 Å². The summed E-state index contributed by atoms with van der Waals surface area (Å²) in [6.45, 7) is 2.72. The molecule has 1 amide bonds. The van der Waals surface area contributed by atoms with E-state index in [9.17, 15) is 4.79 Å². The van der Waals surface area contributed by atoms with Crippen molar-refractivity contribution in [1.82, 2.24) is 15.1 Å². The summed E-state index contributed by atoms with van der Waals surface area (Å²) in [5.41, 5.74) is 0. The normalized spacial score (nSPS) is 29.6. The third-order valence-corrected chi connectivity index (χ3v) is 3.65. The molecule has 4 nitrogen and oxygen atoms in total. The second kappa shape index (κ2) is 5.15. The summed E-state index contributed by atoms with van der Waals surface area (Å²) in [6, 6.07) is 1.22. The molecule has 0 saturated carbocycles. The van der Waals surface area contributed by atoms with Gasteiger partial charge >= 0.3 is 0 Å². The third kappa shape index (κ3) is 2.95. The van der Waals surface area contributed by atoms with Crippen molar-refractivity contribution in [3.63, 3.8) is 0 Å². The van der Waals surface area contributed by atoms with Gasteiger partial charge in [0, 0.05) is 38.1 Å². The molecular weight excluding hydrogens is 202 g/mol. The fraction of sp³-hybridized carbons (Fsp3) is 0.917. The van der Waals surface area contributed by atoms with Crippen LogP contribution in [0, 0.1) is 0 Å². The molecule has 2 heterocycles. The number of carbonyl (C=O) groups is 1. The average Bonchev–Trinajstić information content (AvgIpc) is 2.55. The van der Waals surface area contributed by atoms with Gasteiger partial charge in [-0.05, 0) is 33.4 Å². The largest absolute Gasteiger partial charge is 0.341 e. The Morgan fingerprint density at radius 2 is 2.06 bits per heavy atom. The van der Waals surface area contributed by atoms with E-state index in [-0.39, 0.29) is 0 Å². The number of nitrogens with one attached hydrogen (secondary N) is 1. The zero-order valence-electron chi connectivity index (χ0n) is 10.4. The van der Waals surface area contributed by atoms with Gasteiger partial charge in [0.25, 0.3) is 0 Å². The van der Waals surface area contributed by atoms with Gasteiger partial charge in [0.2, 0.25) is 5.91 Å². The topological polar surface area (TPSA) is 35.6 Å². The monoisotopic (exact) mass is 225 g/mol. The molecule has 92 valence electrons. The Hall–Kier alpha value is -0.610. The van der Waals surface area contributed by atoms with Crippen LogP contribution in [-0.4, -0.2) is 61.5 Å². The molecule has 2 atom stereocenters. The van der Waals surface area contributed by atoms with Crippen LogP contribution in [0.15, 0.2) is 0 Å². The van der Waals surface area contributed by atoms with Gasteiger partial charge in [-0.15, -0.1) is 0 Å². The molecule has 2 aliphatic heterocycles. The van der Waals surface area contributed by atoms with Gasteiger partial charge in [-0.3, -0.25) is 4.79 Å². The van der Waals surface area contributed by atoms with Crippen LogP contribution in [0.3, 0.4) is 0 Å². The van der Waals surface area contributed by atoms with Crippen molar-refractivity contribution >= 4 is 5.91 Å². The van der Waals surface area contributed by atoms with E-state index in [0.717, 1.165) is 26.1 Å². The van der Waals surface area contributed by atoms with E-state index in [1.165, 1.54) is 12.8 Å². The minimum atomic E-state index is 0.322. The smallest absolute Gasteiger partial charge is 0.223 e. The maximum Gasteiger partial charge on any atom is 0.223 e. The summed E-state index contributed by atoms with van der Waals surface area (Å²) in [4.78, 5) is 16.1. The molecule has 16 heavy (non-hydrogen) atoms. The fourth-order valence-electron chi connectivity index (χ4n) is 2.65. The van der Waals surface area contributed by atoms with Crippen molar-refractivity contribution in [3.05, 3.63) is 0 Å². The lowest BCUT2D eigenvalue weighted by Gasteiger charge is -2.25. The van der Waals surface area contributed by atoms with Crippen molar-refractivity contribution in [2.24, 2.45) is 0 Å². The van der Waals surface area contributed by atoms with Crippen molar-refractivity contribution in [3.8, 4) is 0 Å². The molecule has 2 fully saturated rings. The van der Waals surface area contributed by atoms with Gasteiger partial charge in [0.1, 0.15) is 0 Å². The summed E-state index contributed by atoms with van der Waals surface area (Å²) in [6.07, 6.45) is 4.32.